The van der Waals surface area contributed by atoms with Gasteiger partial charge in [0.1, 0.15) is 5.69 Å². The quantitative estimate of drug-likeness (QED) is 0.521. The summed E-state index contributed by atoms with van der Waals surface area (Å²) in [5.74, 6) is 0.507. The highest BCUT2D eigenvalue weighted by atomic mass is 35.5. The van der Waals surface area contributed by atoms with Crippen molar-refractivity contribution in [2.45, 2.75) is 71.3 Å². The van der Waals surface area contributed by atoms with Gasteiger partial charge in [0.25, 0.3) is 12.3 Å². The second-order valence-corrected chi connectivity index (χ2v) is 7.83. The number of halogens is 3. The summed E-state index contributed by atoms with van der Waals surface area (Å²) in [6, 6.07) is 11.9. The maximum atomic E-state index is 12.9. The highest BCUT2D eigenvalue weighted by Gasteiger charge is 2.29. The molecule has 1 atom stereocenters. The third-order valence-corrected chi connectivity index (χ3v) is 5.89. The molecule has 3 rings (SSSR count). The molecule has 1 amide bonds. The van der Waals surface area contributed by atoms with Crippen LogP contribution in [0.1, 0.15) is 87.0 Å². The third kappa shape index (κ3) is 6.49. The Morgan fingerprint density at radius 2 is 1.73 bits per heavy atom. The molecule has 6 heteroatoms. The lowest BCUT2D eigenvalue weighted by Crippen LogP contribution is -2.41. The van der Waals surface area contributed by atoms with Crippen LogP contribution >= 0.6 is 11.6 Å². The van der Waals surface area contributed by atoms with Crippen LogP contribution in [-0.2, 0) is 0 Å². The molecule has 1 saturated carbocycles. The molecule has 1 heterocycles. The summed E-state index contributed by atoms with van der Waals surface area (Å²) in [4.78, 5) is 16.7. The molecule has 1 fully saturated rings. The predicted octanol–water partition coefficient (Wildman–Crippen LogP) is 7.18. The molecular formula is C24H31ClF2N2O. The van der Waals surface area contributed by atoms with Crippen LogP contribution in [0.5, 0.6) is 0 Å². The first-order valence-corrected chi connectivity index (χ1v) is 11.2. The van der Waals surface area contributed by atoms with Gasteiger partial charge in [-0.15, -0.1) is 0 Å². The Morgan fingerprint density at radius 1 is 1.10 bits per heavy atom. The summed E-state index contributed by atoms with van der Waals surface area (Å²) in [6.45, 7) is 6.08. The van der Waals surface area contributed by atoms with E-state index >= 15 is 0 Å². The van der Waals surface area contributed by atoms with Crippen molar-refractivity contribution in [2.75, 3.05) is 0 Å². The van der Waals surface area contributed by atoms with Crippen LogP contribution in [-0.4, -0.2) is 16.9 Å². The van der Waals surface area contributed by atoms with Crippen LogP contribution in [0.4, 0.5) is 8.78 Å². The Labute approximate surface area is 183 Å². The van der Waals surface area contributed by atoms with Crippen molar-refractivity contribution < 1.29 is 13.6 Å². The first-order chi connectivity index (χ1) is 14.5. The summed E-state index contributed by atoms with van der Waals surface area (Å²) in [6.07, 6.45) is 2.02. The van der Waals surface area contributed by atoms with Gasteiger partial charge in [-0.1, -0.05) is 38.4 Å². The van der Waals surface area contributed by atoms with E-state index in [1.165, 1.54) is 6.07 Å². The lowest BCUT2D eigenvalue weighted by Gasteiger charge is -2.34. The molecule has 1 aromatic heterocycles. The smallest absolute Gasteiger partial charge is 0.280 e. The van der Waals surface area contributed by atoms with E-state index in [0.717, 1.165) is 37.8 Å². The van der Waals surface area contributed by atoms with Crippen molar-refractivity contribution in [1.29, 1.82) is 0 Å². The number of hydrogen-bond donors (Lipinski definition) is 1. The summed E-state index contributed by atoms with van der Waals surface area (Å²) >= 11 is 5.88. The molecule has 0 radical (unpaired) electrons. The van der Waals surface area contributed by atoms with Crippen molar-refractivity contribution >= 4 is 17.5 Å². The third-order valence-electron chi connectivity index (χ3n) is 5.64. The molecule has 1 unspecified atom stereocenters. The van der Waals surface area contributed by atoms with Gasteiger partial charge in [0.15, 0.2) is 0 Å². The monoisotopic (exact) mass is 436 g/mol. The van der Waals surface area contributed by atoms with E-state index in [1.54, 1.807) is 30.3 Å². The summed E-state index contributed by atoms with van der Waals surface area (Å²) in [5.41, 5.74) is 1.21. The lowest BCUT2D eigenvalue weighted by atomic mass is 9.76. The van der Waals surface area contributed by atoms with Gasteiger partial charge >= 0.3 is 0 Å². The maximum absolute atomic E-state index is 12.9. The van der Waals surface area contributed by atoms with Crippen molar-refractivity contribution in [3.8, 4) is 0 Å². The topological polar surface area (TPSA) is 42.0 Å². The number of nitrogens with one attached hydrogen (secondary N) is 1. The number of nitrogens with zero attached hydrogens (tertiary/aromatic N) is 1. The van der Waals surface area contributed by atoms with Crippen molar-refractivity contribution in [3.05, 3.63) is 64.4 Å². The van der Waals surface area contributed by atoms with Gasteiger partial charge < -0.3 is 5.32 Å². The second-order valence-electron chi connectivity index (χ2n) is 7.39. The average molecular weight is 437 g/mol. The fourth-order valence-electron chi connectivity index (χ4n) is 4.04. The van der Waals surface area contributed by atoms with E-state index in [2.05, 4.69) is 17.2 Å². The van der Waals surface area contributed by atoms with Crippen molar-refractivity contribution in [1.82, 2.24) is 10.3 Å². The minimum atomic E-state index is -2.54. The van der Waals surface area contributed by atoms with Gasteiger partial charge in [-0.05, 0) is 74.4 Å². The molecule has 0 saturated heterocycles. The van der Waals surface area contributed by atoms with E-state index in [-0.39, 0.29) is 23.6 Å². The van der Waals surface area contributed by atoms with Crippen LogP contribution in [0.15, 0.2) is 42.5 Å². The SMILES string of the molecule is CC.CCC(NC(=O)c1ccc(Cl)cc1)C1CCC(c2cccc(C(F)F)n2)CC1. The maximum Gasteiger partial charge on any atom is 0.280 e. The first-order valence-electron chi connectivity index (χ1n) is 10.8. The molecule has 0 aliphatic heterocycles. The normalized spacial score (nSPS) is 19.6. The largest absolute Gasteiger partial charge is 0.349 e. The zero-order valence-electron chi connectivity index (χ0n) is 17.9. The van der Waals surface area contributed by atoms with Crippen molar-refractivity contribution in [3.63, 3.8) is 0 Å². The van der Waals surface area contributed by atoms with Gasteiger partial charge in [-0.3, -0.25) is 9.78 Å². The number of rotatable bonds is 6. The molecule has 164 valence electrons. The molecule has 1 N–H and O–H groups in total. The summed E-state index contributed by atoms with van der Waals surface area (Å²) in [7, 11) is 0. The number of pyridine rings is 1. The number of hydrogen-bond acceptors (Lipinski definition) is 2. The van der Waals surface area contributed by atoms with Crippen LogP contribution in [0.3, 0.4) is 0 Å². The Balaban J connectivity index is 0.00000155. The van der Waals surface area contributed by atoms with E-state index < -0.39 is 6.43 Å². The van der Waals surface area contributed by atoms with Crippen LogP contribution in [0.25, 0.3) is 0 Å². The van der Waals surface area contributed by atoms with Gasteiger partial charge in [-0.25, -0.2) is 8.78 Å². The minimum absolute atomic E-state index is 0.0862. The zero-order valence-corrected chi connectivity index (χ0v) is 18.6. The van der Waals surface area contributed by atoms with Gasteiger partial charge in [0.05, 0.1) is 0 Å². The standard InChI is InChI=1S/C22H25ClF2N2O.C2H6/c1-2-18(27-22(28)16-10-12-17(23)13-11-16)14-6-8-15(9-7-14)19-4-3-5-20(26-19)21(24)25;1-2/h3-5,10-15,18,21H,2,6-9H2,1H3,(H,27,28);1-2H3. The lowest BCUT2D eigenvalue weighted by molar-refractivity contribution is 0.0909. The number of carbonyl (C=O) groups is 1. The van der Waals surface area contributed by atoms with E-state index in [1.807, 2.05) is 19.9 Å². The molecule has 1 aromatic carbocycles. The molecule has 3 nitrogen and oxygen atoms in total. The zero-order chi connectivity index (χ0) is 22.1. The summed E-state index contributed by atoms with van der Waals surface area (Å²) in [5, 5.41) is 3.76. The molecule has 30 heavy (non-hydrogen) atoms. The predicted molar refractivity (Wildman–Crippen MR) is 118 cm³/mol. The number of aromatic nitrogens is 1. The minimum Gasteiger partial charge on any atom is -0.349 e. The number of benzene rings is 1. The Kier molecular flexibility index (Phi) is 9.70. The molecule has 1 aliphatic rings. The Bertz CT molecular complexity index is 790. The van der Waals surface area contributed by atoms with Crippen LogP contribution in [0, 0.1) is 5.92 Å². The number of carbonyl (C=O) groups excluding carboxylic acids is 1. The molecular weight excluding hydrogens is 406 g/mol. The fourth-order valence-corrected chi connectivity index (χ4v) is 4.17. The van der Waals surface area contributed by atoms with E-state index in [0.29, 0.717) is 16.5 Å². The summed E-state index contributed by atoms with van der Waals surface area (Å²) < 4.78 is 25.8. The highest BCUT2D eigenvalue weighted by molar-refractivity contribution is 6.30. The molecule has 1 aliphatic carbocycles. The Morgan fingerprint density at radius 3 is 2.30 bits per heavy atom. The second kappa shape index (κ2) is 12.0. The highest BCUT2D eigenvalue weighted by Crippen LogP contribution is 2.37. The van der Waals surface area contributed by atoms with Gasteiger partial charge in [-0.2, -0.15) is 0 Å². The van der Waals surface area contributed by atoms with Crippen LogP contribution in [0.2, 0.25) is 5.02 Å². The van der Waals surface area contributed by atoms with Gasteiger partial charge in [0.2, 0.25) is 0 Å². The average Bonchev–Trinajstić information content (AvgIpc) is 2.79. The van der Waals surface area contributed by atoms with E-state index in [4.69, 9.17) is 11.6 Å². The number of amides is 1. The molecule has 0 bridgehead atoms. The van der Waals surface area contributed by atoms with E-state index in [9.17, 15) is 13.6 Å². The van der Waals surface area contributed by atoms with Crippen LogP contribution < -0.4 is 5.32 Å². The van der Waals surface area contributed by atoms with Crippen molar-refractivity contribution in [2.24, 2.45) is 5.92 Å². The van der Waals surface area contributed by atoms with Gasteiger partial charge in [0, 0.05) is 28.2 Å². The Hall–Kier alpha value is -2.01. The first kappa shape index (κ1) is 24.3. The number of alkyl halides is 2. The molecule has 2 aromatic rings. The molecule has 0 spiro atoms. The fraction of sp³-hybridized carbons (Fsp3) is 0.500.